The van der Waals surface area contributed by atoms with Crippen molar-refractivity contribution in [3.63, 3.8) is 0 Å². The molecule has 0 aliphatic carbocycles. The first-order chi connectivity index (χ1) is 14.5. The Balaban J connectivity index is 1.50. The zero-order chi connectivity index (χ0) is 21.1. The first kappa shape index (κ1) is 20.5. The van der Waals surface area contributed by atoms with E-state index in [1.54, 1.807) is 0 Å². The molecule has 3 aromatic rings. The van der Waals surface area contributed by atoms with E-state index in [-0.39, 0.29) is 5.91 Å². The molecule has 1 aromatic heterocycles. The van der Waals surface area contributed by atoms with E-state index in [9.17, 15) is 4.79 Å². The molecule has 1 amide bonds. The Morgan fingerprint density at radius 1 is 1.17 bits per heavy atom. The maximum Gasteiger partial charge on any atom is 0.222 e. The monoisotopic (exact) mass is 405 g/mol. The van der Waals surface area contributed by atoms with E-state index >= 15 is 0 Å². The molecule has 4 rings (SSSR count). The minimum Gasteiger partial charge on any atom is -0.491 e. The standard InChI is InChI=1S/C25H31N3O2/c1-17(2)6-4-5-7-25(29)28-12-13-30-24-11-9-19(14-21(24)16-28)20-8-10-22-23(15-20)27-18(3)26-22/h8-11,14-15,17H,4-7,12-13,16H2,1-3H3,(H,26,27). The molecule has 0 unspecified atom stereocenters. The number of carbonyl (C=O) groups excluding carboxylic acids is 1. The number of imidazole rings is 1. The van der Waals surface area contributed by atoms with Crippen molar-refractivity contribution < 1.29 is 9.53 Å². The summed E-state index contributed by atoms with van der Waals surface area (Å²) in [5, 5.41) is 0. The van der Waals surface area contributed by atoms with Gasteiger partial charge in [0.25, 0.3) is 0 Å². The zero-order valence-corrected chi connectivity index (χ0v) is 18.2. The molecule has 158 valence electrons. The number of benzene rings is 2. The second-order valence-corrected chi connectivity index (χ2v) is 8.68. The number of H-pyrrole nitrogens is 1. The molecule has 30 heavy (non-hydrogen) atoms. The summed E-state index contributed by atoms with van der Waals surface area (Å²) in [6, 6.07) is 12.6. The average molecular weight is 406 g/mol. The third kappa shape index (κ3) is 4.66. The molecular formula is C25H31N3O2. The van der Waals surface area contributed by atoms with Gasteiger partial charge in [-0.05, 0) is 54.7 Å². The summed E-state index contributed by atoms with van der Waals surface area (Å²) in [4.78, 5) is 22.5. The van der Waals surface area contributed by atoms with Crippen LogP contribution < -0.4 is 4.74 Å². The highest BCUT2D eigenvalue weighted by atomic mass is 16.5. The predicted molar refractivity (Wildman–Crippen MR) is 120 cm³/mol. The Hall–Kier alpha value is -2.82. The third-order valence-corrected chi connectivity index (χ3v) is 5.75. The van der Waals surface area contributed by atoms with Crippen molar-refractivity contribution in [3.8, 4) is 16.9 Å². The fourth-order valence-corrected chi connectivity index (χ4v) is 4.09. The number of nitrogens with zero attached hydrogens (tertiary/aromatic N) is 2. The lowest BCUT2D eigenvalue weighted by molar-refractivity contribution is -0.132. The van der Waals surface area contributed by atoms with Crippen LogP contribution in [0.25, 0.3) is 22.2 Å². The van der Waals surface area contributed by atoms with E-state index in [0.29, 0.717) is 32.0 Å². The van der Waals surface area contributed by atoms with Gasteiger partial charge in [0.2, 0.25) is 5.91 Å². The Morgan fingerprint density at radius 3 is 2.80 bits per heavy atom. The summed E-state index contributed by atoms with van der Waals surface area (Å²) >= 11 is 0. The Kier molecular flexibility index (Phi) is 6.07. The number of amides is 1. The number of aromatic nitrogens is 2. The second kappa shape index (κ2) is 8.90. The summed E-state index contributed by atoms with van der Waals surface area (Å²) in [5.41, 5.74) is 5.34. The molecule has 2 heterocycles. The maximum atomic E-state index is 12.8. The van der Waals surface area contributed by atoms with Crippen LogP contribution in [0, 0.1) is 12.8 Å². The van der Waals surface area contributed by atoms with Crippen molar-refractivity contribution in [2.45, 2.75) is 53.0 Å². The lowest BCUT2D eigenvalue weighted by atomic mass is 10.0. The van der Waals surface area contributed by atoms with Crippen molar-refractivity contribution in [1.82, 2.24) is 14.9 Å². The first-order valence-electron chi connectivity index (χ1n) is 11.0. The Morgan fingerprint density at radius 2 is 1.97 bits per heavy atom. The Labute approximate surface area is 178 Å². The zero-order valence-electron chi connectivity index (χ0n) is 18.2. The van der Waals surface area contributed by atoms with Crippen LogP contribution in [0.1, 0.15) is 50.9 Å². The number of aryl methyl sites for hydroxylation is 1. The molecule has 0 spiro atoms. The van der Waals surface area contributed by atoms with E-state index in [1.165, 1.54) is 6.42 Å². The van der Waals surface area contributed by atoms with Gasteiger partial charge in [0.1, 0.15) is 18.2 Å². The van der Waals surface area contributed by atoms with Gasteiger partial charge in [-0.3, -0.25) is 4.79 Å². The van der Waals surface area contributed by atoms with Crippen LogP contribution in [-0.2, 0) is 11.3 Å². The van der Waals surface area contributed by atoms with E-state index in [4.69, 9.17) is 4.74 Å². The van der Waals surface area contributed by atoms with Crippen molar-refractivity contribution in [3.05, 3.63) is 47.8 Å². The summed E-state index contributed by atoms with van der Waals surface area (Å²) in [6.07, 6.45) is 3.88. The molecule has 0 fully saturated rings. The fourth-order valence-electron chi connectivity index (χ4n) is 4.09. The van der Waals surface area contributed by atoms with E-state index in [0.717, 1.165) is 52.1 Å². The molecule has 1 aliphatic rings. The molecule has 0 radical (unpaired) electrons. The Bertz CT molecular complexity index is 1040. The second-order valence-electron chi connectivity index (χ2n) is 8.68. The largest absolute Gasteiger partial charge is 0.491 e. The lowest BCUT2D eigenvalue weighted by Gasteiger charge is -2.20. The number of ether oxygens (including phenoxy) is 1. The molecule has 5 nitrogen and oxygen atoms in total. The highest BCUT2D eigenvalue weighted by molar-refractivity contribution is 5.82. The van der Waals surface area contributed by atoms with Crippen molar-refractivity contribution in [2.75, 3.05) is 13.2 Å². The number of hydrogen-bond acceptors (Lipinski definition) is 3. The molecule has 1 aliphatic heterocycles. The van der Waals surface area contributed by atoms with Gasteiger partial charge < -0.3 is 14.6 Å². The molecular weight excluding hydrogens is 374 g/mol. The average Bonchev–Trinajstić information content (AvgIpc) is 2.96. The molecule has 5 heteroatoms. The predicted octanol–water partition coefficient (Wildman–Crippen LogP) is 5.48. The fraction of sp³-hybridized carbons (Fsp3) is 0.440. The van der Waals surface area contributed by atoms with Crippen LogP contribution in [0.5, 0.6) is 5.75 Å². The smallest absolute Gasteiger partial charge is 0.222 e. The van der Waals surface area contributed by atoms with Crippen molar-refractivity contribution >= 4 is 16.9 Å². The van der Waals surface area contributed by atoms with Crippen molar-refractivity contribution in [1.29, 1.82) is 0 Å². The van der Waals surface area contributed by atoms with Gasteiger partial charge in [-0.25, -0.2) is 4.98 Å². The number of hydrogen-bond donors (Lipinski definition) is 1. The topological polar surface area (TPSA) is 58.2 Å². The molecule has 2 aromatic carbocycles. The minimum absolute atomic E-state index is 0.231. The van der Waals surface area contributed by atoms with Crippen LogP contribution >= 0.6 is 0 Å². The van der Waals surface area contributed by atoms with Gasteiger partial charge in [0.05, 0.1) is 17.6 Å². The van der Waals surface area contributed by atoms with E-state index < -0.39 is 0 Å². The number of unbranched alkanes of at least 4 members (excludes halogenated alkanes) is 1. The van der Waals surface area contributed by atoms with Gasteiger partial charge in [-0.1, -0.05) is 38.8 Å². The van der Waals surface area contributed by atoms with Crippen LogP contribution in [0.15, 0.2) is 36.4 Å². The summed E-state index contributed by atoms with van der Waals surface area (Å²) < 4.78 is 5.94. The lowest BCUT2D eigenvalue weighted by Crippen LogP contribution is -2.32. The molecule has 0 saturated carbocycles. The highest BCUT2D eigenvalue weighted by Crippen LogP contribution is 2.31. The van der Waals surface area contributed by atoms with Gasteiger partial charge in [0.15, 0.2) is 0 Å². The number of carbonyl (C=O) groups is 1. The summed E-state index contributed by atoms with van der Waals surface area (Å²) in [6.45, 7) is 8.22. The first-order valence-corrected chi connectivity index (χ1v) is 11.0. The van der Waals surface area contributed by atoms with Crippen LogP contribution in [0.2, 0.25) is 0 Å². The van der Waals surface area contributed by atoms with Crippen molar-refractivity contribution in [2.24, 2.45) is 5.92 Å². The summed E-state index contributed by atoms with van der Waals surface area (Å²) in [5.74, 6) is 2.73. The number of rotatable bonds is 6. The number of fused-ring (bicyclic) bond motifs is 2. The van der Waals surface area contributed by atoms with Gasteiger partial charge in [0, 0.05) is 18.5 Å². The maximum absolute atomic E-state index is 12.8. The van der Waals surface area contributed by atoms with Gasteiger partial charge in [-0.15, -0.1) is 0 Å². The molecule has 0 atom stereocenters. The number of nitrogens with one attached hydrogen (secondary N) is 1. The number of aromatic amines is 1. The van der Waals surface area contributed by atoms with Gasteiger partial charge >= 0.3 is 0 Å². The van der Waals surface area contributed by atoms with Crippen LogP contribution in [-0.4, -0.2) is 33.9 Å². The minimum atomic E-state index is 0.231. The highest BCUT2D eigenvalue weighted by Gasteiger charge is 2.20. The quantitative estimate of drug-likeness (QED) is 0.553. The normalized spacial score (nSPS) is 13.9. The van der Waals surface area contributed by atoms with Crippen LogP contribution in [0.4, 0.5) is 0 Å². The van der Waals surface area contributed by atoms with Crippen LogP contribution in [0.3, 0.4) is 0 Å². The molecule has 1 N–H and O–H groups in total. The summed E-state index contributed by atoms with van der Waals surface area (Å²) in [7, 11) is 0. The molecule has 0 saturated heterocycles. The van der Waals surface area contributed by atoms with E-state index in [1.807, 2.05) is 24.0 Å². The van der Waals surface area contributed by atoms with Gasteiger partial charge in [-0.2, -0.15) is 0 Å². The molecule has 0 bridgehead atoms. The van der Waals surface area contributed by atoms with E-state index in [2.05, 4.69) is 48.1 Å². The SMILES string of the molecule is Cc1nc2ccc(-c3ccc4c(c3)CN(C(=O)CCCCC(C)C)CCO4)cc2[nH]1. The third-order valence-electron chi connectivity index (χ3n) is 5.75.